The number of likely N-dealkylation sites (N-methyl/N-ethyl adjacent to an activating group) is 1. The van der Waals surface area contributed by atoms with Crippen LogP contribution in [0.1, 0.15) is 33.1 Å². The Hall–Kier alpha value is -0.650. The van der Waals surface area contributed by atoms with Crippen molar-refractivity contribution in [1.82, 2.24) is 15.1 Å². The van der Waals surface area contributed by atoms with Crippen LogP contribution in [-0.4, -0.2) is 74.7 Å². The smallest absolute Gasteiger partial charge is 0.322 e. The summed E-state index contributed by atoms with van der Waals surface area (Å²) in [5, 5.41) is 3.30. The Morgan fingerprint density at radius 1 is 1.45 bits per heavy atom. The molecule has 2 atom stereocenters. The molecule has 0 saturated carbocycles. The van der Waals surface area contributed by atoms with Crippen molar-refractivity contribution in [3.8, 4) is 0 Å². The lowest BCUT2D eigenvalue weighted by molar-refractivity contribution is -0.143. The van der Waals surface area contributed by atoms with Gasteiger partial charge < -0.3 is 15.0 Å². The summed E-state index contributed by atoms with van der Waals surface area (Å²) in [6.07, 6.45) is 3.34. The van der Waals surface area contributed by atoms with Crippen molar-refractivity contribution in [1.29, 1.82) is 0 Å². The van der Waals surface area contributed by atoms with Crippen LogP contribution in [0.5, 0.6) is 0 Å². The maximum atomic E-state index is 11.8. The molecule has 0 aromatic carbocycles. The highest BCUT2D eigenvalue weighted by atomic mass is 16.5. The monoisotopic (exact) mass is 285 g/mol. The summed E-state index contributed by atoms with van der Waals surface area (Å²) in [6.45, 7) is 7.31. The molecule has 1 fully saturated rings. The van der Waals surface area contributed by atoms with Gasteiger partial charge in [-0.05, 0) is 39.9 Å². The zero-order valence-corrected chi connectivity index (χ0v) is 13.7. The van der Waals surface area contributed by atoms with Crippen molar-refractivity contribution in [3.63, 3.8) is 0 Å². The average molecular weight is 285 g/mol. The summed E-state index contributed by atoms with van der Waals surface area (Å²) in [7, 11) is 5.70. The predicted octanol–water partition coefficient (Wildman–Crippen LogP) is 0.942. The molecule has 5 nitrogen and oxygen atoms in total. The van der Waals surface area contributed by atoms with Gasteiger partial charge in [-0.25, -0.2) is 0 Å². The minimum Gasteiger partial charge on any atom is -0.468 e. The normalized spacial score (nSPS) is 21.6. The van der Waals surface area contributed by atoms with Crippen LogP contribution >= 0.6 is 0 Å². The molecule has 1 aliphatic heterocycles. The van der Waals surface area contributed by atoms with E-state index in [-0.39, 0.29) is 18.1 Å². The molecule has 5 heteroatoms. The molecular formula is C15H31N3O2. The maximum Gasteiger partial charge on any atom is 0.322 e. The third-order valence-electron chi connectivity index (χ3n) is 3.80. The minimum absolute atomic E-state index is 0.151. The Kier molecular flexibility index (Phi) is 7.48. The van der Waals surface area contributed by atoms with E-state index in [4.69, 9.17) is 4.74 Å². The number of carbonyl (C=O) groups is 1. The van der Waals surface area contributed by atoms with Gasteiger partial charge in [0.25, 0.3) is 0 Å². The van der Waals surface area contributed by atoms with E-state index in [0.29, 0.717) is 6.04 Å². The first-order chi connectivity index (χ1) is 9.43. The van der Waals surface area contributed by atoms with Crippen molar-refractivity contribution in [2.45, 2.75) is 51.2 Å². The second-order valence-electron chi connectivity index (χ2n) is 6.28. The highest BCUT2D eigenvalue weighted by molar-refractivity contribution is 5.75. The van der Waals surface area contributed by atoms with Gasteiger partial charge in [0.2, 0.25) is 0 Å². The molecule has 1 aliphatic rings. The van der Waals surface area contributed by atoms with Gasteiger partial charge in [0.15, 0.2) is 0 Å². The first kappa shape index (κ1) is 17.4. The first-order valence-electron chi connectivity index (χ1n) is 7.66. The van der Waals surface area contributed by atoms with E-state index in [1.54, 1.807) is 0 Å². The van der Waals surface area contributed by atoms with E-state index in [0.717, 1.165) is 26.1 Å². The van der Waals surface area contributed by atoms with Crippen LogP contribution in [0.2, 0.25) is 0 Å². The zero-order valence-electron chi connectivity index (χ0n) is 13.7. The molecule has 0 aromatic heterocycles. The number of carbonyl (C=O) groups excluding carboxylic acids is 1. The molecule has 0 amide bonds. The third-order valence-corrected chi connectivity index (χ3v) is 3.80. The van der Waals surface area contributed by atoms with Gasteiger partial charge in [0.1, 0.15) is 6.04 Å². The topological polar surface area (TPSA) is 44.8 Å². The lowest BCUT2D eigenvalue weighted by Crippen LogP contribution is -2.45. The number of esters is 1. The van der Waals surface area contributed by atoms with Gasteiger partial charge in [0.05, 0.1) is 7.11 Å². The minimum atomic E-state index is -0.194. The summed E-state index contributed by atoms with van der Waals surface area (Å²) in [5.74, 6) is -0.151. The van der Waals surface area contributed by atoms with Gasteiger partial charge in [-0.3, -0.25) is 9.69 Å². The van der Waals surface area contributed by atoms with Crippen molar-refractivity contribution >= 4 is 5.97 Å². The number of nitrogens with one attached hydrogen (secondary N) is 1. The van der Waals surface area contributed by atoms with E-state index in [2.05, 4.69) is 43.1 Å². The van der Waals surface area contributed by atoms with Crippen LogP contribution in [0.15, 0.2) is 0 Å². The van der Waals surface area contributed by atoms with Crippen molar-refractivity contribution in [3.05, 3.63) is 0 Å². The molecule has 0 aromatic rings. The highest BCUT2D eigenvalue weighted by Crippen LogP contribution is 2.18. The molecule has 1 heterocycles. The van der Waals surface area contributed by atoms with Crippen molar-refractivity contribution in [2.24, 2.45) is 0 Å². The van der Waals surface area contributed by atoms with Crippen molar-refractivity contribution < 1.29 is 9.53 Å². The Balaban J connectivity index is 2.47. The van der Waals surface area contributed by atoms with Gasteiger partial charge in [-0.2, -0.15) is 0 Å². The molecule has 0 radical (unpaired) electrons. The number of likely N-dealkylation sites (tertiary alicyclic amines) is 1. The molecule has 118 valence electrons. The standard InChI is InChI=1S/C15H31N3O2/c1-12(2)16-14(15(19)20-5)8-10-18-9-6-7-13(18)11-17(3)4/h12-14,16H,6-11H2,1-5H3. The molecule has 0 bridgehead atoms. The third kappa shape index (κ3) is 5.77. The van der Waals surface area contributed by atoms with E-state index in [1.165, 1.54) is 20.0 Å². The number of rotatable bonds is 8. The predicted molar refractivity (Wildman–Crippen MR) is 81.8 cm³/mol. The Morgan fingerprint density at radius 3 is 2.70 bits per heavy atom. The van der Waals surface area contributed by atoms with Crippen molar-refractivity contribution in [2.75, 3.05) is 40.8 Å². The SMILES string of the molecule is COC(=O)C(CCN1CCCC1CN(C)C)NC(C)C. The highest BCUT2D eigenvalue weighted by Gasteiger charge is 2.27. The van der Waals surface area contributed by atoms with Gasteiger partial charge in [-0.15, -0.1) is 0 Å². The number of hydrogen-bond donors (Lipinski definition) is 1. The van der Waals surface area contributed by atoms with Crippen LogP contribution < -0.4 is 5.32 Å². The second kappa shape index (κ2) is 8.60. The van der Waals surface area contributed by atoms with Gasteiger partial charge in [0, 0.05) is 25.2 Å². The van der Waals surface area contributed by atoms with Crippen LogP contribution in [-0.2, 0) is 9.53 Å². The summed E-state index contributed by atoms with van der Waals surface area (Å²) in [6, 6.07) is 0.721. The van der Waals surface area contributed by atoms with Crippen LogP contribution in [0.4, 0.5) is 0 Å². The average Bonchev–Trinajstić information content (AvgIpc) is 2.79. The van der Waals surface area contributed by atoms with Gasteiger partial charge in [-0.1, -0.05) is 13.8 Å². The van der Waals surface area contributed by atoms with Crippen LogP contribution in [0.3, 0.4) is 0 Å². The summed E-state index contributed by atoms with van der Waals surface area (Å²) in [4.78, 5) is 16.6. The molecule has 0 aliphatic carbocycles. The van der Waals surface area contributed by atoms with E-state index >= 15 is 0 Å². The number of hydrogen-bond acceptors (Lipinski definition) is 5. The van der Waals surface area contributed by atoms with E-state index < -0.39 is 0 Å². The number of nitrogens with zero attached hydrogens (tertiary/aromatic N) is 2. The van der Waals surface area contributed by atoms with E-state index in [1.807, 2.05) is 0 Å². The summed E-state index contributed by atoms with van der Waals surface area (Å²) >= 11 is 0. The summed E-state index contributed by atoms with van der Waals surface area (Å²) < 4.78 is 4.89. The molecular weight excluding hydrogens is 254 g/mol. The molecule has 1 rings (SSSR count). The molecule has 20 heavy (non-hydrogen) atoms. The Bertz CT molecular complexity index is 295. The van der Waals surface area contributed by atoms with Gasteiger partial charge >= 0.3 is 5.97 Å². The molecule has 0 spiro atoms. The Morgan fingerprint density at radius 2 is 2.15 bits per heavy atom. The Labute approximate surface area is 123 Å². The van der Waals surface area contributed by atoms with Crippen LogP contribution in [0, 0.1) is 0 Å². The quantitative estimate of drug-likeness (QED) is 0.673. The molecule has 1 saturated heterocycles. The fourth-order valence-corrected chi connectivity index (χ4v) is 2.93. The fraction of sp³-hybridized carbons (Fsp3) is 0.933. The lowest BCUT2D eigenvalue weighted by atomic mass is 10.1. The second-order valence-corrected chi connectivity index (χ2v) is 6.28. The number of ether oxygens (including phenoxy) is 1. The molecule has 1 N–H and O–H groups in total. The summed E-state index contributed by atoms with van der Waals surface area (Å²) in [5.41, 5.74) is 0. The largest absolute Gasteiger partial charge is 0.468 e. The van der Waals surface area contributed by atoms with Crippen LogP contribution in [0.25, 0.3) is 0 Å². The van der Waals surface area contributed by atoms with E-state index in [9.17, 15) is 4.79 Å². The first-order valence-corrected chi connectivity index (χ1v) is 7.66. The lowest BCUT2D eigenvalue weighted by Gasteiger charge is -2.28. The fourth-order valence-electron chi connectivity index (χ4n) is 2.93. The number of methoxy groups -OCH3 is 1. The maximum absolute atomic E-state index is 11.8. The molecule has 2 unspecified atom stereocenters. The zero-order chi connectivity index (χ0) is 15.1.